The minimum atomic E-state index is -1.87. The van der Waals surface area contributed by atoms with Gasteiger partial charge >= 0.3 is 5.97 Å². The minimum Gasteiger partial charge on any atom is -0.459 e. The molecule has 0 saturated carbocycles. The van der Waals surface area contributed by atoms with Crippen molar-refractivity contribution in [2.45, 2.75) is 90.3 Å². The van der Waals surface area contributed by atoms with Gasteiger partial charge in [0.2, 0.25) is 0 Å². The quantitative estimate of drug-likeness (QED) is 0.503. The number of rotatable bonds is 7. The van der Waals surface area contributed by atoms with Crippen molar-refractivity contribution in [1.82, 2.24) is 4.90 Å². The Morgan fingerprint density at radius 2 is 1.73 bits per heavy atom. The number of hydrogen-bond donors (Lipinski definition) is 1. The lowest BCUT2D eigenvalue weighted by Gasteiger charge is -2.38. The highest BCUT2D eigenvalue weighted by Gasteiger charge is 2.46. The van der Waals surface area contributed by atoms with Gasteiger partial charge in [-0.1, -0.05) is 51.1 Å². The van der Waals surface area contributed by atoms with E-state index >= 15 is 0 Å². The number of benzene rings is 1. The molecular weight excluding hydrogens is 392 g/mol. The van der Waals surface area contributed by atoms with Gasteiger partial charge in [0.1, 0.15) is 11.6 Å². The fourth-order valence-corrected chi connectivity index (χ4v) is 4.81. The summed E-state index contributed by atoms with van der Waals surface area (Å²) < 4.78 is 12.3. The van der Waals surface area contributed by atoms with Crippen LogP contribution < -0.4 is 5.73 Å². The van der Waals surface area contributed by atoms with Crippen LogP contribution in [-0.4, -0.2) is 50.0 Å². The molecular formula is C24H42N2O3Si. The van der Waals surface area contributed by atoms with Crippen LogP contribution in [0.3, 0.4) is 0 Å². The topological polar surface area (TPSA) is 64.8 Å². The molecule has 3 atom stereocenters. The Hall–Kier alpha value is -1.21. The third-order valence-electron chi connectivity index (χ3n) is 6.49. The Kier molecular flexibility index (Phi) is 7.94. The molecule has 170 valence electrons. The molecule has 0 bridgehead atoms. The number of carbonyl (C=O) groups is 1. The number of nitrogens with two attached hydrogens (primary N) is 1. The molecule has 2 rings (SSSR count). The average molecular weight is 435 g/mol. The Balaban J connectivity index is 2.24. The molecule has 1 aromatic carbocycles. The molecule has 2 N–H and O–H groups in total. The molecule has 0 unspecified atom stereocenters. The molecule has 1 saturated heterocycles. The average Bonchev–Trinajstić information content (AvgIpc) is 2.96. The normalized spacial score (nSPS) is 23.6. The Bertz CT molecular complexity index is 695. The fourth-order valence-electron chi connectivity index (χ4n) is 3.74. The van der Waals surface area contributed by atoms with E-state index in [1.165, 1.54) is 5.56 Å². The molecule has 1 aromatic rings. The van der Waals surface area contributed by atoms with Crippen LogP contribution in [0.1, 0.15) is 53.5 Å². The van der Waals surface area contributed by atoms with Crippen LogP contribution in [0, 0.1) is 5.92 Å². The molecule has 1 fully saturated rings. The van der Waals surface area contributed by atoms with Gasteiger partial charge in [0.05, 0.1) is 0 Å². The van der Waals surface area contributed by atoms with Crippen molar-refractivity contribution in [3.05, 3.63) is 35.9 Å². The standard InChI is InChI=1S/C24H42N2O3Si/c1-23(2,3)29-22(27)20-14-19(17-28-30(7,8)24(4,5)6)21(15-25)26(20)16-18-12-10-9-11-13-18/h9-13,19-21H,14-17,25H2,1-8H3/t19-,20+,21-/m0/s1. The molecule has 1 heterocycles. The van der Waals surface area contributed by atoms with Crippen LogP contribution in [0.2, 0.25) is 18.1 Å². The largest absolute Gasteiger partial charge is 0.459 e. The summed E-state index contributed by atoms with van der Waals surface area (Å²) in [7, 11) is -1.87. The van der Waals surface area contributed by atoms with Gasteiger partial charge < -0.3 is 14.9 Å². The van der Waals surface area contributed by atoms with E-state index in [2.05, 4.69) is 50.9 Å². The number of carbonyl (C=O) groups excluding carboxylic acids is 1. The summed E-state index contributed by atoms with van der Waals surface area (Å²) in [6.45, 7) is 18.9. The Morgan fingerprint density at radius 1 is 1.13 bits per heavy atom. The SMILES string of the molecule is CC(C)(C)OC(=O)[C@H]1C[C@@H](CO[Si](C)(C)C(C)(C)C)[C@H](CN)N1Cc1ccccc1. The summed E-state index contributed by atoms with van der Waals surface area (Å²) in [5.41, 5.74) is 6.91. The van der Waals surface area contributed by atoms with Gasteiger partial charge in [-0.3, -0.25) is 9.69 Å². The molecule has 0 amide bonds. The molecule has 5 nitrogen and oxygen atoms in total. The van der Waals surface area contributed by atoms with Gasteiger partial charge in [-0.05, 0) is 56.8 Å². The molecule has 1 aliphatic heterocycles. The van der Waals surface area contributed by atoms with Gasteiger partial charge in [0.15, 0.2) is 8.32 Å². The number of nitrogens with zero attached hydrogens (tertiary/aromatic N) is 1. The monoisotopic (exact) mass is 434 g/mol. The predicted molar refractivity (Wildman–Crippen MR) is 126 cm³/mol. The summed E-state index contributed by atoms with van der Waals surface area (Å²) in [6.07, 6.45) is 0.720. The number of hydrogen-bond acceptors (Lipinski definition) is 5. The Morgan fingerprint density at radius 3 is 2.23 bits per heavy atom. The van der Waals surface area contributed by atoms with Crippen molar-refractivity contribution in [1.29, 1.82) is 0 Å². The zero-order valence-corrected chi connectivity index (χ0v) is 21.2. The van der Waals surface area contributed by atoms with Crippen LogP contribution in [0.5, 0.6) is 0 Å². The van der Waals surface area contributed by atoms with E-state index in [0.717, 1.165) is 6.42 Å². The van der Waals surface area contributed by atoms with Crippen molar-refractivity contribution >= 4 is 14.3 Å². The van der Waals surface area contributed by atoms with E-state index < -0.39 is 13.9 Å². The van der Waals surface area contributed by atoms with Crippen molar-refractivity contribution < 1.29 is 14.0 Å². The van der Waals surface area contributed by atoms with Gasteiger partial charge in [0, 0.05) is 25.7 Å². The molecule has 30 heavy (non-hydrogen) atoms. The first-order chi connectivity index (χ1) is 13.7. The third kappa shape index (κ3) is 6.39. The maximum Gasteiger partial charge on any atom is 0.323 e. The van der Waals surface area contributed by atoms with Gasteiger partial charge in [-0.2, -0.15) is 0 Å². The summed E-state index contributed by atoms with van der Waals surface area (Å²) in [6, 6.07) is 10.1. The highest BCUT2D eigenvalue weighted by molar-refractivity contribution is 6.74. The van der Waals surface area contributed by atoms with E-state index in [9.17, 15) is 4.79 Å². The second kappa shape index (κ2) is 9.51. The predicted octanol–water partition coefficient (Wildman–Crippen LogP) is 4.57. The zero-order valence-electron chi connectivity index (χ0n) is 20.2. The first-order valence-corrected chi connectivity index (χ1v) is 14.0. The molecule has 6 heteroatoms. The maximum absolute atomic E-state index is 13.1. The first-order valence-electron chi connectivity index (χ1n) is 11.1. The van der Waals surface area contributed by atoms with E-state index in [1.54, 1.807) is 0 Å². The summed E-state index contributed by atoms with van der Waals surface area (Å²) in [5.74, 6) is 0.0528. The number of esters is 1. The zero-order chi connectivity index (χ0) is 22.7. The fraction of sp³-hybridized carbons (Fsp3) is 0.708. The van der Waals surface area contributed by atoms with Gasteiger partial charge in [-0.25, -0.2) is 0 Å². The lowest BCUT2D eigenvalue weighted by Crippen LogP contribution is -2.47. The van der Waals surface area contributed by atoms with Crippen molar-refractivity contribution in [2.24, 2.45) is 11.7 Å². The molecule has 0 spiro atoms. The maximum atomic E-state index is 13.1. The summed E-state index contributed by atoms with van der Waals surface area (Å²) >= 11 is 0. The third-order valence-corrected chi connectivity index (χ3v) is 11.0. The molecule has 0 aliphatic carbocycles. The van der Waals surface area contributed by atoms with E-state index in [1.807, 2.05) is 39.0 Å². The van der Waals surface area contributed by atoms with E-state index in [0.29, 0.717) is 19.7 Å². The van der Waals surface area contributed by atoms with E-state index in [-0.39, 0.29) is 29.0 Å². The van der Waals surface area contributed by atoms with Gasteiger partial charge in [-0.15, -0.1) is 0 Å². The van der Waals surface area contributed by atoms with Crippen molar-refractivity contribution in [3.8, 4) is 0 Å². The summed E-state index contributed by atoms with van der Waals surface area (Å²) in [4.78, 5) is 15.3. The van der Waals surface area contributed by atoms with Crippen molar-refractivity contribution in [3.63, 3.8) is 0 Å². The number of likely N-dealkylation sites (tertiary alicyclic amines) is 1. The van der Waals surface area contributed by atoms with Crippen molar-refractivity contribution in [2.75, 3.05) is 13.2 Å². The lowest BCUT2D eigenvalue weighted by atomic mass is 10.00. The highest BCUT2D eigenvalue weighted by atomic mass is 28.4. The Labute approximate surface area is 184 Å². The lowest BCUT2D eigenvalue weighted by molar-refractivity contribution is -0.161. The number of ether oxygens (including phenoxy) is 1. The first kappa shape index (κ1) is 25.1. The second-order valence-corrected chi connectivity index (χ2v) is 15.9. The van der Waals surface area contributed by atoms with Crippen LogP contribution in [0.15, 0.2) is 30.3 Å². The highest BCUT2D eigenvalue weighted by Crippen LogP contribution is 2.39. The van der Waals surface area contributed by atoms with Crippen LogP contribution in [-0.2, 0) is 20.5 Å². The second-order valence-electron chi connectivity index (χ2n) is 11.1. The van der Waals surface area contributed by atoms with Crippen LogP contribution in [0.4, 0.5) is 0 Å². The van der Waals surface area contributed by atoms with Gasteiger partial charge in [0.25, 0.3) is 0 Å². The smallest absolute Gasteiger partial charge is 0.323 e. The van der Waals surface area contributed by atoms with Crippen LogP contribution >= 0.6 is 0 Å². The minimum absolute atomic E-state index is 0.0903. The molecule has 0 radical (unpaired) electrons. The molecule has 0 aromatic heterocycles. The molecule has 1 aliphatic rings. The summed E-state index contributed by atoms with van der Waals surface area (Å²) in [5, 5.41) is 0.151. The van der Waals surface area contributed by atoms with E-state index in [4.69, 9.17) is 14.9 Å². The van der Waals surface area contributed by atoms with Crippen LogP contribution in [0.25, 0.3) is 0 Å².